The van der Waals surface area contributed by atoms with E-state index in [1.807, 2.05) is 0 Å². The summed E-state index contributed by atoms with van der Waals surface area (Å²) in [6, 6.07) is 17.4. The summed E-state index contributed by atoms with van der Waals surface area (Å²) in [5, 5.41) is 2.50. The molecule has 6 rings (SSSR count). The Morgan fingerprint density at radius 2 is 1.65 bits per heavy atom. The lowest BCUT2D eigenvalue weighted by Crippen LogP contribution is -2.33. The fourth-order valence-corrected chi connectivity index (χ4v) is 8.34. The smallest absolute Gasteiger partial charge is 0.324 e. The summed E-state index contributed by atoms with van der Waals surface area (Å²) in [6.45, 7) is -0.393. The number of rotatable bonds is 5. The number of benzene rings is 3. The SMILES string of the molecule is O=C(Cn1c2c(sc1=O)C(c1ccccc1)C1C(=O)N(c3cccc(C(F)(F)F)c3)C(=O)C1S2)Nc1ccc(Cl)c(Cl)c1. The summed E-state index contributed by atoms with van der Waals surface area (Å²) in [6.07, 6.45) is -4.67. The van der Waals surface area contributed by atoms with E-state index in [4.69, 9.17) is 23.2 Å². The number of aromatic nitrogens is 1. The number of anilines is 2. The first-order chi connectivity index (χ1) is 20.4. The monoisotopic (exact) mass is 663 g/mol. The summed E-state index contributed by atoms with van der Waals surface area (Å²) in [7, 11) is 0. The van der Waals surface area contributed by atoms with Gasteiger partial charge in [-0.3, -0.25) is 23.7 Å². The van der Waals surface area contributed by atoms with Crippen molar-refractivity contribution in [2.75, 3.05) is 10.2 Å². The quantitative estimate of drug-likeness (QED) is 0.241. The van der Waals surface area contributed by atoms with Crippen molar-refractivity contribution in [1.82, 2.24) is 4.57 Å². The van der Waals surface area contributed by atoms with Crippen LogP contribution in [0.4, 0.5) is 24.5 Å². The Hall–Kier alpha value is -3.58. The van der Waals surface area contributed by atoms with Crippen molar-refractivity contribution in [2.24, 2.45) is 5.92 Å². The molecule has 3 amide bonds. The Labute approximate surface area is 260 Å². The van der Waals surface area contributed by atoms with E-state index in [2.05, 4.69) is 5.32 Å². The molecular formula is C29H18Cl2F3N3O4S2. The highest BCUT2D eigenvalue weighted by Gasteiger charge is 2.57. The molecule has 0 saturated carbocycles. The number of nitrogens with one attached hydrogen (secondary N) is 1. The lowest BCUT2D eigenvalue weighted by molar-refractivity contribution is -0.137. The molecule has 0 bridgehead atoms. The molecule has 14 heteroatoms. The average Bonchev–Trinajstić information content (AvgIpc) is 3.41. The second-order valence-corrected chi connectivity index (χ2v) is 12.8. The third kappa shape index (κ3) is 5.37. The lowest BCUT2D eigenvalue weighted by atomic mass is 9.83. The summed E-state index contributed by atoms with van der Waals surface area (Å²) < 4.78 is 41.6. The molecule has 3 heterocycles. The molecule has 3 aromatic carbocycles. The fourth-order valence-electron chi connectivity index (χ4n) is 5.27. The largest absolute Gasteiger partial charge is 0.416 e. The maximum absolute atomic E-state index is 13.9. The van der Waals surface area contributed by atoms with E-state index in [1.165, 1.54) is 22.8 Å². The Balaban J connectivity index is 1.39. The van der Waals surface area contributed by atoms with Crippen LogP contribution in [0.3, 0.4) is 0 Å². The highest BCUT2D eigenvalue weighted by atomic mass is 35.5. The number of hydrogen-bond donors (Lipinski definition) is 1. The van der Waals surface area contributed by atoms with Gasteiger partial charge in [0.1, 0.15) is 11.8 Å². The van der Waals surface area contributed by atoms with E-state index >= 15 is 0 Å². The lowest BCUT2D eigenvalue weighted by Gasteiger charge is -2.30. The summed E-state index contributed by atoms with van der Waals surface area (Å²) in [4.78, 5) is 54.7. The van der Waals surface area contributed by atoms with Gasteiger partial charge in [-0.1, -0.05) is 82.7 Å². The Kier molecular flexibility index (Phi) is 7.66. The second kappa shape index (κ2) is 11.2. The van der Waals surface area contributed by atoms with Crippen LogP contribution in [0.15, 0.2) is 82.6 Å². The van der Waals surface area contributed by atoms with Gasteiger partial charge in [-0.05, 0) is 42.0 Å². The third-order valence-electron chi connectivity index (χ3n) is 7.14. The molecule has 1 saturated heterocycles. The average molecular weight is 665 g/mol. The number of carbonyl (C=O) groups is 3. The molecule has 220 valence electrons. The minimum Gasteiger partial charge on any atom is -0.324 e. The van der Waals surface area contributed by atoms with Crippen molar-refractivity contribution in [3.8, 4) is 0 Å². The third-order valence-corrected chi connectivity index (χ3v) is 10.5. The van der Waals surface area contributed by atoms with Crippen molar-refractivity contribution in [2.45, 2.75) is 28.9 Å². The number of thioether (sulfide) groups is 1. The highest BCUT2D eigenvalue weighted by molar-refractivity contribution is 8.00. The fraction of sp³-hybridized carbons (Fsp3) is 0.172. The zero-order valence-electron chi connectivity index (χ0n) is 21.6. The number of amides is 3. The van der Waals surface area contributed by atoms with Gasteiger partial charge < -0.3 is 5.32 Å². The van der Waals surface area contributed by atoms with Crippen LogP contribution in [-0.4, -0.2) is 27.5 Å². The van der Waals surface area contributed by atoms with E-state index in [0.29, 0.717) is 26.2 Å². The number of nitrogens with zero attached hydrogens (tertiary/aromatic N) is 2. The van der Waals surface area contributed by atoms with Gasteiger partial charge in [-0.15, -0.1) is 0 Å². The van der Waals surface area contributed by atoms with Crippen molar-refractivity contribution < 1.29 is 27.6 Å². The van der Waals surface area contributed by atoms with Gasteiger partial charge in [-0.2, -0.15) is 13.2 Å². The maximum Gasteiger partial charge on any atom is 0.416 e. The number of carbonyl (C=O) groups excluding carboxylic acids is 3. The Bertz CT molecular complexity index is 1840. The van der Waals surface area contributed by atoms with E-state index in [0.717, 1.165) is 46.2 Å². The van der Waals surface area contributed by atoms with Gasteiger partial charge in [0, 0.05) is 16.5 Å². The minimum atomic E-state index is -4.67. The van der Waals surface area contributed by atoms with Crippen molar-refractivity contribution in [3.05, 3.63) is 109 Å². The van der Waals surface area contributed by atoms with Gasteiger partial charge >= 0.3 is 11.0 Å². The molecule has 3 unspecified atom stereocenters. The molecular weight excluding hydrogens is 646 g/mol. The van der Waals surface area contributed by atoms with Crippen LogP contribution >= 0.6 is 46.3 Å². The zero-order valence-corrected chi connectivity index (χ0v) is 24.7. The number of alkyl halides is 3. The first-order valence-corrected chi connectivity index (χ1v) is 15.1. The number of thiazole rings is 1. The van der Waals surface area contributed by atoms with Crippen LogP contribution < -0.4 is 15.1 Å². The molecule has 0 spiro atoms. The minimum absolute atomic E-state index is 0.187. The van der Waals surface area contributed by atoms with Gasteiger partial charge in [0.15, 0.2) is 0 Å². The summed E-state index contributed by atoms with van der Waals surface area (Å²) in [5.41, 5.74) is -0.165. The van der Waals surface area contributed by atoms with E-state index < -0.39 is 58.0 Å². The molecule has 1 fully saturated rings. The summed E-state index contributed by atoms with van der Waals surface area (Å²) >= 11 is 13.8. The van der Waals surface area contributed by atoms with Gasteiger partial charge in [-0.25, -0.2) is 4.90 Å². The summed E-state index contributed by atoms with van der Waals surface area (Å²) in [5.74, 6) is -3.63. The number of halogens is 5. The molecule has 43 heavy (non-hydrogen) atoms. The van der Waals surface area contributed by atoms with Crippen LogP contribution in [0.1, 0.15) is 21.9 Å². The molecule has 4 aromatic rings. The van der Waals surface area contributed by atoms with Crippen molar-refractivity contribution in [1.29, 1.82) is 0 Å². The molecule has 1 N–H and O–H groups in total. The van der Waals surface area contributed by atoms with Crippen molar-refractivity contribution in [3.63, 3.8) is 0 Å². The molecule has 2 aliphatic rings. The van der Waals surface area contributed by atoms with Gasteiger partial charge in [0.2, 0.25) is 17.7 Å². The second-order valence-electron chi connectivity index (χ2n) is 9.81. The van der Waals surface area contributed by atoms with E-state index in [1.54, 1.807) is 36.4 Å². The standard InChI is InChI=1S/C29H18Cl2F3N3O4S2/c30-18-10-9-16(12-19(18)31)35-20(38)13-36-27-24(43-28(36)41)21(14-5-2-1-3-6-14)22-23(42-27)26(40)37(25(22)39)17-8-4-7-15(11-17)29(32,33)34/h1-12,21-23H,13H2,(H,35,38). The molecule has 2 aliphatic heterocycles. The predicted octanol–water partition coefficient (Wildman–Crippen LogP) is 6.67. The maximum atomic E-state index is 13.9. The zero-order chi connectivity index (χ0) is 30.6. The van der Waals surface area contributed by atoms with E-state index in [-0.39, 0.29) is 10.7 Å². The number of imide groups is 1. The van der Waals surface area contributed by atoms with Crippen LogP contribution in [0.2, 0.25) is 10.0 Å². The van der Waals surface area contributed by atoms with Crippen LogP contribution in [0, 0.1) is 5.92 Å². The Morgan fingerprint density at radius 1 is 0.907 bits per heavy atom. The molecule has 0 aliphatic carbocycles. The molecule has 7 nitrogen and oxygen atoms in total. The molecule has 1 aromatic heterocycles. The van der Waals surface area contributed by atoms with Crippen LogP contribution in [-0.2, 0) is 27.1 Å². The van der Waals surface area contributed by atoms with Crippen LogP contribution in [0.25, 0.3) is 0 Å². The van der Waals surface area contributed by atoms with Crippen LogP contribution in [0.5, 0.6) is 0 Å². The molecule has 0 radical (unpaired) electrons. The normalized spacial score (nSPS) is 19.7. The van der Waals surface area contributed by atoms with Crippen molar-refractivity contribution >= 4 is 75.4 Å². The highest BCUT2D eigenvalue weighted by Crippen LogP contribution is 2.54. The van der Waals surface area contributed by atoms with Gasteiger partial charge in [0.05, 0.1) is 32.2 Å². The first kappa shape index (κ1) is 29.5. The first-order valence-electron chi connectivity index (χ1n) is 12.7. The molecule has 3 atom stereocenters. The number of fused-ring (bicyclic) bond motifs is 2. The van der Waals surface area contributed by atoms with Gasteiger partial charge in [0.25, 0.3) is 0 Å². The number of hydrogen-bond acceptors (Lipinski definition) is 6. The topological polar surface area (TPSA) is 88.5 Å². The Morgan fingerprint density at radius 3 is 2.35 bits per heavy atom. The predicted molar refractivity (Wildman–Crippen MR) is 159 cm³/mol. The van der Waals surface area contributed by atoms with E-state index in [9.17, 15) is 32.3 Å².